The lowest BCUT2D eigenvalue weighted by molar-refractivity contribution is -0.129. The largest absolute Gasteiger partial charge is 0.463 e. The second-order valence-corrected chi connectivity index (χ2v) is 7.11. The summed E-state index contributed by atoms with van der Waals surface area (Å²) in [7, 11) is 0. The first-order valence-corrected chi connectivity index (χ1v) is 9.90. The summed E-state index contributed by atoms with van der Waals surface area (Å²) in [4.78, 5) is 24.8. The van der Waals surface area contributed by atoms with Gasteiger partial charge in [0.15, 0.2) is 6.10 Å². The molecule has 1 atom stereocenters. The Balaban J connectivity index is 1.71. The number of nitrogens with zero attached hydrogens (tertiary/aromatic N) is 2. The lowest BCUT2D eigenvalue weighted by Crippen LogP contribution is -2.43. The minimum atomic E-state index is -0.685. The van der Waals surface area contributed by atoms with Gasteiger partial charge in [0.1, 0.15) is 5.82 Å². The molecule has 0 bridgehead atoms. The predicted molar refractivity (Wildman–Crippen MR) is 104 cm³/mol. The lowest BCUT2D eigenvalue weighted by atomic mass is 10.1. The molecule has 1 aromatic heterocycles. The van der Waals surface area contributed by atoms with Crippen molar-refractivity contribution in [2.45, 2.75) is 64.0 Å². The Labute approximate surface area is 163 Å². The zero-order valence-electron chi connectivity index (χ0n) is 16.1. The van der Waals surface area contributed by atoms with Gasteiger partial charge in [-0.25, -0.2) is 4.39 Å². The van der Waals surface area contributed by atoms with Gasteiger partial charge in [-0.1, -0.05) is 32.6 Å². The van der Waals surface area contributed by atoms with Gasteiger partial charge in [-0.3, -0.25) is 9.59 Å². The van der Waals surface area contributed by atoms with Crippen LogP contribution in [0.1, 0.15) is 51.9 Å². The Kier molecular flexibility index (Phi) is 6.79. The number of halogens is 1. The first-order valence-electron chi connectivity index (χ1n) is 9.90. The van der Waals surface area contributed by atoms with Crippen molar-refractivity contribution in [2.24, 2.45) is 0 Å². The number of rotatable bonds is 6. The second-order valence-electron chi connectivity index (χ2n) is 7.11. The molecule has 0 unspecified atom stereocenters. The molecule has 1 heterocycles. The zero-order chi connectivity index (χ0) is 19.9. The van der Waals surface area contributed by atoms with Crippen LogP contribution >= 0.6 is 0 Å². The van der Waals surface area contributed by atoms with Gasteiger partial charge in [-0.2, -0.15) is 4.68 Å². The molecule has 0 aliphatic heterocycles. The summed E-state index contributed by atoms with van der Waals surface area (Å²) in [6.07, 6.45) is 6.49. The first-order chi connectivity index (χ1) is 13.6. The maximum absolute atomic E-state index is 13.1. The fourth-order valence-electron chi connectivity index (χ4n) is 3.41. The quantitative estimate of drug-likeness (QED) is 0.772. The minimum Gasteiger partial charge on any atom is -0.463 e. The molecule has 1 aliphatic rings. The van der Waals surface area contributed by atoms with E-state index in [4.69, 9.17) is 4.74 Å². The maximum Gasteiger partial charge on any atom is 0.271 e. The molecule has 0 radical (unpaired) electrons. The SMILES string of the molecule is CC[C@H](Oc1ccc(=O)n(-c2ccc(F)cc2)n1)C(=O)NC1CCCCCC1. The highest BCUT2D eigenvalue weighted by Crippen LogP contribution is 2.18. The predicted octanol–water partition coefficient (Wildman–Crippen LogP) is 3.37. The summed E-state index contributed by atoms with van der Waals surface area (Å²) >= 11 is 0. The van der Waals surface area contributed by atoms with Crippen LogP contribution in [0.5, 0.6) is 5.88 Å². The molecule has 1 N–H and O–H groups in total. The summed E-state index contributed by atoms with van der Waals surface area (Å²) in [6.45, 7) is 1.87. The molecule has 28 heavy (non-hydrogen) atoms. The lowest BCUT2D eigenvalue weighted by Gasteiger charge is -2.21. The van der Waals surface area contributed by atoms with Crippen LogP contribution in [0.2, 0.25) is 0 Å². The molecule has 3 rings (SSSR count). The van der Waals surface area contributed by atoms with E-state index in [-0.39, 0.29) is 23.4 Å². The van der Waals surface area contributed by atoms with Crippen LogP contribution in [-0.2, 0) is 4.79 Å². The van der Waals surface area contributed by atoms with Crippen molar-refractivity contribution in [1.82, 2.24) is 15.1 Å². The molecule has 1 amide bonds. The van der Waals surface area contributed by atoms with Crippen LogP contribution in [0.3, 0.4) is 0 Å². The fourth-order valence-corrected chi connectivity index (χ4v) is 3.41. The Morgan fingerprint density at radius 2 is 1.86 bits per heavy atom. The zero-order valence-corrected chi connectivity index (χ0v) is 16.1. The van der Waals surface area contributed by atoms with Gasteiger partial charge in [-0.05, 0) is 43.5 Å². The highest BCUT2D eigenvalue weighted by atomic mass is 19.1. The number of hydrogen-bond donors (Lipinski definition) is 1. The molecule has 150 valence electrons. The number of amides is 1. The molecular formula is C21H26FN3O3. The van der Waals surface area contributed by atoms with Crippen LogP contribution < -0.4 is 15.6 Å². The summed E-state index contributed by atoms with van der Waals surface area (Å²) in [5, 5.41) is 7.28. The van der Waals surface area contributed by atoms with Gasteiger partial charge in [0, 0.05) is 18.2 Å². The number of aromatic nitrogens is 2. The topological polar surface area (TPSA) is 73.2 Å². The third kappa shape index (κ3) is 5.18. The van der Waals surface area contributed by atoms with E-state index in [2.05, 4.69) is 10.4 Å². The van der Waals surface area contributed by atoms with E-state index >= 15 is 0 Å². The molecule has 0 saturated heterocycles. The monoisotopic (exact) mass is 387 g/mol. The number of hydrogen-bond acceptors (Lipinski definition) is 4. The molecule has 0 spiro atoms. The van der Waals surface area contributed by atoms with E-state index in [1.165, 1.54) is 49.2 Å². The second kappa shape index (κ2) is 9.48. The average Bonchev–Trinajstić information content (AvgIpc) is 2.96. The van der Waals surface area contributed by atoms with E-state index in [1.54, 1.807) is 0 Å². The molecule has 1 aliphatic carbocycles. The van der Waals surface area contributed by atoms with Crippen LogP contribution in [0.4, 0.5) is 4.39 Å². The molecule has 1 aromatic carbocycles. The molecule has 2 aromatic rings. The Morgan fingerprint density at radius 1 is 1.18 bits per heavy atom. The van der Waals surface area contributed by atoms with Crippen molar-refractivity contribution in [3.63, 3.8) is 0 Å². The molecule has 1 fully saturated rings. The third-order valence-corrected chi connectivity index (χ3v) is 4.97. The van der Waals surface area contributed by atoms with Crippen molar-refractivity contribution < 1.29 is 13.9 Å². The smallest absolute Gasteiger partial charge is 0.271 e. The fraction of sp³-hybridized carbons (Fsp3) is 0.476. The number of ether oxygens (including phenoxy) is 1. The highest BCUT2D eigenvalue weighted by Gasteiger charge is 2.23. The standard InChI is InChI=1S/C21H26FN3O3/c1-2-18(21(27)23-16-7-5-3-4-6-8-16)28-19-13-14-20(26)25(24-19)17-11-9-15(22)10-12-17/h9-14,16,18H,2-8H2,1H3,(H,23,27)/t18-/m0/s1. The summed E-state index contributed by atoms with van der Waals surface area (Å²) < 4.78 is 20.0. The molecule has 6 nitrogen and oxygen atoms in total. The number of benzene rings is 1. The van der Waals surface area contributed by atoms with Crippen molar-refractivity contribution in [2.75, 3.05) is 0 Å². The Morgan fingerprint density at radius 3 is 2.50 bits per heavy atom. The van der Waals surface area contributed by atoms with E-state index < -0.39 is 11.9 Å². The normalized spacial score (nSPS) is 16.2. The average molecular weight is 387 g/mol. The van der Waals surface area contributed by atoms with Crippen molar-refractivity contribution in [3.8, 4) is 11.6 Å². The van der Waals surface area contributed by atoms with Gasteiger partial charge >= 0.3 is 0 Å². The van der Waals surface area contributed by atoms with Gasteiger partial charge in [0.2, 0.25) is 5.88 Å². The maximum atomic E-state index is 13.1. The Bertz CT molecular complexity index is 843. The first kappa shape index (κ1) is 20.0. The van der Waals surface area contributed by atoms with E-state index in [9.17, 15) is 14.0 Å². The molecular weight excluding hydrogens is 361 g/mol. The van der Waals surface area contributed by atoms with Crippen molar-refractivity contribution in [3.05, 3.63) is 52.6 Å². The number of carbonyl (C=O) groups is 1. The summed E-state index contributed by atoms with van der Waals surface area (Å²) in [5.74, 6) is -0.382. The Hall–Kier alpha value is -2.70. The van der Waals surface area contributed by atoms with Crippen LogP contribution in [0.15, 0.2) is 41.2 Å². The van der Waals surface area contributed by atoms with E-state index in [0.717, 1.165) is 30.4 Å². The number of carbonyl (C=O) groups excluding carboxylic acids is 1. The third-order valence-electron chi connectivity index (χ3n) is 4.97. The van der Waals surface area contributed by atoms with Crippen molar-refractivity contribution >= 4 is 5.91 Å². The van der Waals surface area contributed by atoms with Gasteiger partial charge in [0.25, 0.3) is 11.5 Å². The van der Waals surface area contributed by atoms with E-state index in [0.29, 0.717) is 12.1 Å². The molecule has 7 heteroatoms. The summed E-state index contributed by atoms with van der Waals surface area (Å²) in [5.41, 5.74) is 0.0581. The van der Waals surface area contributed by atoms with E-state index in [1.807, 2.05) is 6.92 Å². The number of nitrogens with one attached hydrogen (secondary N) is 1. The van der Waals surface area contributed by atoms with Crippen LogP contribution in [0, 0.1) is 5.82 Å². The van der Waals surface area contributed by atoms with Crippen molar-refractivity contribution in [1.29, 1.82) is 0 Å². The summed E-state index contributed by atoms with van der Waals surface area (Å²) in [6, 6.07) is 8.39. The minimum absolute atomic E-state index is 0.157. The van der Waals surface area contributed by atoms with Crippen LogP contribution in [-0.4, -0.2) is 27.8 Å². The van der Waals surface area contributed by atoms with Gasteiger partial charge < -0.3 is 10.1 Å². The van der Waals surface area contributed by atoms with Crippen LogP contribution in [0.25, 0.3) is 5.69 Å². The van der Waals surface area contributed by atoms with Gasteiger partial charge in [-0.15, -0.1) is 5.10 Å². The highest BCUT2D eigenvalue weighted by molar-refractivity contribution is 5.81. The molecule has 1 saturated carbocycles. The van der Waals surface area contributed by atoms with Gasteiger partial charge in [0.05, 0.1) is 5.69 Å².